The fourth-order valence-electron chi connectivity index (χ4n) is 3.60. The Kier molecular flexibility index (Phi) is 5.80. The van der Waals surface area contributed by atoms with Crippen LogP contribution in [0.4, 0.5) is 0 Å². The van der Waals surface area contributed by atoms with Crippen LogP contribution in [-0.4, -0.2) is 38.4 Å². The summed E-state index contributed by atoms with van der Waals surface area (Å²) in [6, 6.07) is 20.7. The van der Waals surface area contributed by atoms with Crippen molar-refractivity contribution in [1.82, 2.24) is 9.62 Å². The van der Waals surface area contributed by atoms with Crippen molar-refractivity contribution in [3.63, 3.8) is 0 Å². The molecule has 0 atom stereocenters. The molecule has 1 fully saturated rings. The smallest absolute Gasteiger partial charge is 0.254 e. The molecular weight excluding hydrogens is 404 g/mol. The molecule has 0 saturated carbocycles. The number of piperidine rings is 1. The van der Waals surface area contributed by atoms with Crippen LogP contribution in [-0.2, 0) is 10.0 Å². The first kappa shape index (κ1) is 19.8. The molecule has 150 valence electrons. The Hall–Kier alpha value is -2.48. The van der Waals surface area contributed by atoms with Crippen LogP contribution in [0.5, 0.6) is 0 Å². The SMILES string of the molecule is O=C(c1ccccc1-c1ccccc1)N1CCC(NS(=O)(=O)c2cccs2)CC1. The van der Waals surface area contributed by atoms with Crippen molar-refractivity contribution in [2.24, 2.45) is 0 Å². The Morgan fingerprint density at radius 3 is 2.31 bits per heavy atom. The van der Waals surface area contributed by atoms with E-state index >= 15 is 0 Å². The van der Waals surface area contributed by atoms with E-state index in [1.165, 1.54) is 11.3 Å². The van der Waals surface area contributed by atoms with E-state index in [9.17, 15) is 13.2 Å². The van der Waals surface area contributed by atoms with Gasteiger partial charge in [0, 0.05) is 24.7 Å². The summed E-state index contributed by atoms with van der Waals surface area (Å²) in [6.45, 7) is 1.05. The molecule has 1 aliphatic rings. The van der Waals surface area contributed by atoms with Gasteiger partial charge in [0.25, 0.3) is 5.91 Å². The average molecular weight is 427 g/mol. The maximum Gasteiger partial charge on any atom is 0.254 e. The number of carbonyl (C=O) groups excluding carboxylic acids is 1. The quantitative estimate of drug-likeness (QED) is 0.671. The van der Waals surface area contributed by atoms with Crippen LogP contribution in [0, 0.1) is 0 Å². The van der Waals surface area contributed by atoms with Crippen molar-refractivity contribution in [1.29, 1.82) is 0 Å². The number of nitrogens with one attached hydrogen (secondary N) is 1. The third kappa shape index (κ3) is 4.42. The predicted molar refractivity (Wildman–Crippen MR) is 115 cm³/mol. The van der Waals surface area contributed by atoms with Crippen LogP contribution < -0.4 is 4.72 Å². The molecule has 3 aromatic rings. The minimum Gasteiger partial charge on any atom is -0.339 e. The summed E-state index contributed by atoms with van der Waals surface area (Å²) in [5.74, 6) is -0.0102. The second-order valence-electron chi connectivity index (χ2n) is 7.03. The topological polar surface area (TPSA) is 66.5 Å². The van der Waals surface area contributed by atoms with Gasteiger partial charge < -0.3 is 4.90 Å². The molecule has 4 rings (SSSR count). The van der Waals surface area contributed by atoms with Gasteiger partial charge in [0.15, 0.2) is 0 Å². The van der Waals surface area contributed by atoms with E-state index in [0.717, 1.165) is 11.1 Å². The minimum absolute atomic E-state index is 0.0102. The van der Waals surface area contributed by atoms with E-state index in [1.54, 1.807) is 17.5 Å². The van der Waals surface area contributed by atoms with Crippen molar-refractivity contribution < 1.29 is 13.2 Å². The lowest BCUT2D eigenvalue weighted by Gasteiger charge is -2.32. The number of likely N-dealkylation sites (tertiary alicyclic amines) is 1. The Labute approximate surface area is 175 Å². The summed E-state index contributed by atoms with van der Waals surface area (Å²) >= 11 is 1.21. The number of sulfonamides is 1. The van der Waals surface area contributed by atoms with Crippen molar-refractivity contribution in [3.05, 3.63) is 77.7 Å². The van der Waals surface area contributed by atoms with Crippen molar-refractivity contribution >= 4 is 27.3 Å². The largest absolute Gasteiger partial charge is 0.339 e. The van der Waals surface area contributed by atoms with Gasteiger partial charge in [-0.3, -0.25) is 4.79 Å². The zero-order valence-electron chi connectivity index (χ0n) is 15.8. The molecule has 1 N–H and O–H groups in total. The van der Waals surface area contributed by atoms with Gasteiger partial charge in [-0.15, -0.1) is 11.3 Å². The highest BCUT2D eigenvalue weighted by atomic mass is 32.2. The highest BCUT2D eigenvalue weighted by Crippen LogP contribution is 2.26. The van der Waals surface area contributed by atoms with Crippen LogP contribution in [0.15, 0.2) is 76.3 Å². The summed E-state index contributed by atoms with van der Waals surface area (Å²) in [7, 11) is -3.48. The summed E-state index contributed by atoms with van der Waals surface area (Å²) in [4.78, 5) is 15.0. The second-order valence-corrected chi connectivity index (χ2v) is 9.92. The molecule has 1 amide bonds. The maximum absolute atomic E-state index is 13.2. The molecular formula is C22H22N2O3S2. The molecule has 29 heavy (non-hydrogen) atoms. The summed E-state index contributed by atoms with van der Waals surface area (Å²) in [6.07, 6.45) is 1.20. The molecule has 0 aliphatic carbocycles. The number of rotatable bonds is 5. The van der Waals surface area contributed by atoms with Gasteiger partial charge in [-0.1, -0.05) is 54.6 Å². The number of hydrogen-bond acceptors (Lipinski definition) is 4. The van der Waals surface area contributed by atoms with Gasteiger partial charge in [-0.05, 0) is 41.5 Å². The molecule has 1 saturated heterocycles. The Balaban J connectivity index is 1.44. The molecule has 2 aromatic carbocycles. The fraction of sp³-hybridized carbons (Fsp3) is 0.227. The number of benzene rings is 2. The highest BCUT2D eigenvalue weighted by Gasteiger charge is 2.28. The molecule has 0 bridgehead atoms. The van der Waals surface area contributed by atoms with E-state index in [1.807, 2.05) is 59.5 Å². The molecule has 5 nitrogen and oxygen atoms in total. The summed E-state index contributed by atoms with van der Waals surface area (Å²) in [5.41, 5.74) is 2.60. The van der Waals surface area contributed by atoms with Crippen molar-refractivity contribution in [3.8, 4) is 11.1 Å². The number of amides is 1. The zero-order valence-corrected chi connectivity index (χ0v) is 17.5. The maximum atomic E-state index is 13.2. The van der Waals surface area contributed by atoms with Crippen LogP contribution >= 0.6 is 11.3 Å². The third-order valence-corrected chi connectivity index (χ3v) is 8.02. The molecule has 7 heteroatoms. The van der Waals surface area contributed by atoms with Gasteiger partial charge in [0.05, 0.1) is 0 Å². The standard InChI is InChI=1S/C22H22N2O3S2/c25-22(20-10-5-4-9-19(20)17-7-2-1-3-8-17)24-14-12-18(13-15-24)23-29(26,27)21-11-6-16-28-21/h1-11,16,18,23H,12-15H2. The number of thiophene rings is 1. The van der Waals surface area contributed by atoms with Crippen LogP contribution in [0.25, 0.3) is 11.1 Å². The zero-order chi connectivity index (χ0) is 20.3. The number of carbonyl (C=O) groups is 1. The predicted octanol–water partition coefficient (Wildman–Crippen LogP) is 4.00. The number of hydrogen-bond donors (Lipinski definition) is 1. The Morgan fingerprint density at radius 2 is 1.62 bits per heavy atom. The van der Waals surface area contributed by atoms with Crippen LogP contribution in [0.3, 0.4) is 0 Å². The first-order valence-corrected chi connectivity index (χ1v) is 11.9. The molecule has 1 aromatic heterocycles. The third-order valence-electron chi connectivity index (χ3n) is 5.11. The number of nitrogens with zero attached hydrogens (tertiary/aromatic N) is 1. The monoisotopic (exact) mass is 426 g/mol. The van der Waals surface area contributed by atoms with E-state index in [0.29, 0.717) is 35.7 Å². The second kappa shape index (κ2) is 8.49. The highest BCUT2D eigenvalue weighted by molar-refractivity contribution is 7.91. The lowest BCUT2D eigenvalue weighted by atomic mass is 9.97. The molecule has 0 unspecified atom stereocenters. The Morgan fingerprint density at radius 1 is 0.931 bits per heavy atom. The van der Waals surface area contributed by atoms with Crippen molar-refractivity contribution in [2.75, 3.05) is 13.1 Å². The lowest BCUT2D eigenvalue weighted by Crippen LogP contribution is -2.46. The minimum atomic E-state index is -3.48. The van der Waals surface area contributed by atoms with E-state index in [4.69, 9.17) is 0 Å². The molecule has 1 aliphatic heterocycles. The summed E-state index contributed by atoms with van der Waals surface area (Å²) < 4.78 is 27.9. The molecule has 2 heterocycles. The molecule has 0 radical (unpaired) electrons. The van der Waals surface area contributed by atoms with E-state index in [-0.39, 0.29) is 11.9 Å². The lowest BCUT2D eigenvalue weighted by molar-refractivity contribution is 0.0712. The molecule has 0 spiro atoms. The van der Waals surface area contributed by atoms with Gasteiger partial charge >= 0.3 is 0 Å². The van der Waals surface area contributed by atoms with Crippen LogP contribution in [0.1, 0.15) is 23.2 Å². The van der Waals surface area contributed by atoms with Gasteiger partial charge in [-0.25, -0.2) is 13.1 Å². The first-order chi connectivity index (χ1) is 14.0. The Bertz CT molecular complexity index is 1070. The first-order valence-electron chi connectivity index (χ1n) is 9.54. The van der Waals surface area contributed by atoms with Gasteiger partial charge in [0.1, 0.15) is 4.21 Å². The van der Waals surface area contributed by atoms with E-state index in [2.05, 4.69) is 4.72 Å². The van der Waals surface area contributed by atoms with Gasteiger partial charge in [0.2, 0.25) is 10.0 Å². The normalized spacial score (nSPS) is 15.4. The van der Waals surface area contributed by atoms with Crippen LogP contribution in [0.2, 0.25) is 0 Å². The summed E-state index contributed by atoms with van der Waals surface area (Å²) in [5, 5.41) is 1.75. The van der Waals surface area contributed by atoms with Crippen molar-refractivity contribution in [2.45, 2.75) is 23.1 Å². The fourth-order valence-corrected chi connectivity index (χ4v) is 5.92. The average Bonchev–Trinajstić information content (AvgIpc) is 3.30. The van der Waals surface area contributed by atoms with E-state index < -0.39 is 10.0 Å². The van der Waals surface area contributed by atoms with Gasteiger partial charge in [-0.2, -0.15) is 0 Å².